The van der Waals surface area contributed by atoms with Gasteiger partial charge in [-0.05, 0) is 87.7 Å². The van der Waals surface area contributed by atoms with Crippen molar-refractivity contribution in [2.45, 2.75) is 39.2 Å². The summed E-state index contributed by atoms with van der Waals surface area (Å²) in [6, 6.07) is 40.9. The van der Waals surface area contributed by atoms with Crippen LogP contribution in [-0.2, 0) is 11.2 Å². The van der Waals surface area contributed by atoms with E-state index in [9.17, 15) is 4.79 Å². The van der Waals surface area contributed by atoms with E-state index in [1.54, 1.807) is 0 Å². The maximum absolute atomic E-state index is 12.4. The lowest BCUT2D eigenvalue weighted by atomic mass is 10.1. The molecule has 0 atom stereocenters. The van der Waals surface area contributed by atoms with E-state index in [-0.39, 0.29) is 5.97 Å². The highest BCUT2D eigenvalue weighted by Gasteiger charge is 2.44. The zero-order valence-corrected chi connectivity index (χ0v) is 21.7. The minimum absolute atomic E-state index is 0.272. The van der Waals surface area contributed by atoms with Crippen LogP contribution in [0, 0.1) is 0 Å². The average Bonchev–Trinajstić information content (AvgIpc) is 2.88. The number of hydrogen-bond donors (Lipinski definition) is 0. The third-order valence-corrected chi connectivity index (χ3v) is 10.7. The van der Waals surface area contributed by atoms with E-state index in [0.29, 0.717) is 5.56 Å². The summed E-state index contributed by atoms with van der Waals surface area (Å²) in [6.07, 6.45) is 3.10. The minimum Gasteiger partial charge on any atom is -0.456 e. The number of aryl methyl sites for hydroxylation is 1. The summed E-state index contributed by atoms with van der Waals surface area (Å²) in [5.41, 5.74) is 1.35. The second-order valence-electron chi connectivity index (χ2n) is 9.84. The molecule has 0 saturated heterocycles. The monoisotopic (exact) mass is 481 g/mol. The van der Waals surface area contributed by atoms with Crippen molar-refractivity contribution in [2.75, 3.05) is 6.16 Å². The third kappa shape index (κ3) is 6.08. The second-order valence-corrected chi connectivity index (χ2v) is 13.5. The summed E-state index contributed by atoms with van der Waals surface area (Å²) < 4.78 is 5.50. The van der Waals surface area contributed by atoms with Crippen LogP contribution in [-0.4, -0.2) is 17.7 Å². The van der Waals surface area contributed by atoms with Crippen LogP contribution in [0.5, 0.6) is 0 Å². The van der Waals surface area contributed by atoms with Crippen LogP contribution in [0.1, 0.15) is 43.1 Å². The molecule has 0 saturated carbocycles. The summed E-state index contributed by atoms with van der Waals surface area (Å²) >= 11 is 0. The van der Waals surface area contributed by atoms with Crippen molar-refractivity contribution >= 4 is 29.1 Å². The summed E-state index contributed by atoms with van der Waals surface area (Å²) in [4.78, 5) is 12.4. The SMILES string of the molecule is CC(C)(C)OC(=O)c1ccc(CCC[P+](c2ccccc2)(c2ccccc2)c2ccccc2)cc1. The Morgan fingerprint density at radius 3 is 1.49 bits per heavy atom. The van der Waals surface area contributed by atoms with E-state index in [1.165, 1.54) is 21.5 Å². The van der Waals surface area contributed by atoms with Crippen molar-refractivity contribution in [1.29, 1.82) is 0 Å². The van der Waals surface area contributed by atoms with Gasteiger partial charge in [0.05, 0.1) is 11.7 Å². The molecule has 0 aliphatic rings. The van der Waals surface area contributed by atoms with Gasteiger partial charge in [-0.3, -0.25) is 0 Å². The van der Waals surface area contributed by atoms with Gasteiger partial charge in [0.25, 0.3) is 0 Å². The average molecular weight is 482 g/mol. The molecule has 35 heavy (non-hydrogen) atoms. The molecule has 0 heterocycles. The predicted molar refractivity (Wildman–Crippen MR) is 150 cm³/mol. The molecular formula is C32H34O2P+. The first kappa shape index (κ1) is 24.9. The molecule has 0 radical (unpaired) electrons. The molecule has 0 aromatic heterocycles. The Kier molecular flexibility index (Phi) is 7.83. The Labute approximate surface area is 210 Å². The first-order chi connectivity index (χ1) is 16.9. The zero-order valence-electron chi connectivity index (χ0n) is 20.9. The summed E-state index contributed by atoms with van der Waals surface area (Å²) in [7, 11) is -1.81. The second kappa shape index (κ2) is 11.0. The lowest BCUT2D eigenvalue weighted by Gasteiger charge is -2.27. The maximum atomic E-state index is 12.4. The number of hydrogen-bond acceptors (Lipinski definition) is 2. The summed E-state index contributed by atoms with van der Waals surface area (Å²) in [5, 5.41) is 4.24. The first-order valence-corrected chi connectivity index (χ1v) is 14.2. The molecule has 2 nitrogen and oxygen atoms in total. The Morgan fingerprint density at radius 2 is 1.09 bits per heavy atom. The highest BCUT2D eigenvalue weighted by Crippen LogP contribution is 2.55. The van der Waals surface area contributed by atoms with Gasteiger partial charge in [0.15, 0.2) is 0 Å². The van der Waals surface area contributed by atoms with Crippen LogP contribution in [0.4, 0.5) is 0 Å². The molecule has 0 aliphatic heterocycles. The fourth-order valence-corrected chi connectivity index (χ4v) is 8.89. The zero-order chi connectivity index (χ0) is 24.7. The highest BCUT2D eigenvalue weighted by molar-refractivity contribution is 7.95. The van der Waals surface area contributed by atoms with Gasteiger partial charge < -0.3 is 4.74 Å². The van der Waals surface area contributed by atoms with Crippen molar-refractivity contribution in [3.63, 3.8) is 0 Å². The van der Waals surface area contributed by atoms with Crippen LogP contribution in [0.3, 0.4) is 0 Å². The largest absolute Gasteiger partial charge is 0.456 e. The van der Waals surface area contributed by atoms with E-state index in [4.69, 9.17) is 4.74 Å². The van der Waals surface area contributed by atoms with E-state index in [2.05, 4.69) is 103 Å². The maximum Gasteiger partial charge on any atom is 0.338 e. The van der Waals surface area contributed by atoms with Gasteiger partial charge in [0, 0.05) is 0 Å². The molecule has 0 aliphatic carbocycles. The van der Waals surface area contributed by atoms with Crippen molar-refractivity contribution in [2.24, 2.45) is 0 Å². The van der Waals surface area contributed by atoms with Gasteiger partial charge in [0.1, 0.15) is 28.8 Å². The molecule has 4 aromatic rings. The third-order valence-electron chi connectivity index (χ3n) is 6.14. The molecule has 0 spiro atoms. The molecule has 0 N–H and O–H groups in total. The Morgan fingerprint density at radius 1 is 0.657 bits per heavy atom. The first-order valence-electron chi connectivity index (χ1n) is 12.3. The number of rotatable bonds is 8. The predicted octanol–water partition coefficient (Wildman–Crippen LogP) is 6.57. The molecule has 0 bridgehead atoms. The Bertz CT molecular complexity index is 1110. The van der Waals surface area contributed by atoms with Crippen LogP contribution in [0.15, 0.2) is 115 Å². The Hall–Kier alpha value is -3.22. The molecular weight excluding hydrogens is 447 g/mol. The number of esters is 1. The van der Waals surface area contributed by atoms with E-state index in [0.717, 1.165) is 19.0 Å². The standard InChI is InChI=1S/C32H34O2P/c1-32(2,3)34-31(33)27-23-21-26(22-24-27)14-13-25-35(28-15-7-4-8-16-28,29-17-9-5-10-18-29)30-19-11-6-12-20-30/h4-12,15-24H,13-14,25H2,1-3H3/q+1. The molecule has 4 aromatic carbocycles. The van der Waals surface area contributed by atoms with E-state index < -0.39 is 12.9 Å². The van der Waals surface area contributed by atoms with Gasteiger partial charge in [-0.1, -0.05) is 66.7 Å². The molecule has 4 rings (SSSR count). The van der Waals surface area contributed by atoms with Gasteiger partial charge in [-0.15, -0.1) is 0 Å². The smallest absolute Gasteiger partial charge is 0.338 e. The molecule has 0 unspecified atom stereocenters. The van der Waals surface area contributed by atoms with Crippen LogP contribution in [0.25, 0.3) is 0 Å². The van der Waals surface area contributed by atoms with Crippen molar-refractivity contribution in [3.05, 3.63) is 126 Å². The van der Waals surface area contributed by atoms with Crippen molar-refractivity contribution in [1.82, 2.24) is 0 Å². The molecule has 3 heteroatoms. The lowest BCUT2D eigenvalue weighted by Crippen LogP contribution is -2.33. The van der Waals surface area contributed by atoms with Crippen LogP contribution in [0.2, 0.25) is 0 Å². The van der Waals surface area contributed by atoms with E-state index >= 15 is 0 Å². The van der Waals surface area contributed by atoms with Gasteiger partial charge >= 0.3 is 5.97 Å². The Balaban J connectivity index is 1.60. The molecule has 0 amide bonds. The highest BCUT2D eigenvalue weighted by atomic mass is 31.2. The van der Waals surface area contributed by atoms with Crippen molar-refractivity contribution in [3.8, 4) is 0 Å². The minimum atomic E-state index is -1.81. The molecule has 178 valence electrons. The van der Waals surface area contributed by atoms with E-state index in [1.807, 2.05) is 32.9 Å². The van der Waals surface area contributed by atoms with Crippen LogP contribution >= 0.6 is 7.26 Å². The normalized spacial score (nSPS) is 11.7. The fourth-order valence-electron chi connectivity index (χ4n) is 4.55. The van der Waals surface area contributed by atoms with Gasteiger partial charge in [0.2, 0.25) is 0 Å². The fraction of sp³-hybridized carbons (Fsp3) is 0.219. The van der Waals surface area contributed by atoms with Gasteiger partial charge in [-0.25, -0.2) is 4.79 Å². The topological polar surface area (TPSA) is 26.3 Å². The number of ether oxygens (including phenoxy) is 1. The van der Waals surface area contributed by atoms with Crippen molar-refractivity contribution < 1.29 is 9.53 Å². The summed E-state index contributed by atoms with van der Waals surface area (Å²) in [6.45, 7) is 5.67. The quantitative estimate of drug-likeness (QED) is 0.210. The number of carbonyl (C=O) groups is 1. The van der Waals surface area contributed by atoms with Crippen LogP contribution < -0.4 is 15.9 Å². The lowest BCUT2D eigenvalue weighted by molar-refractivity contribution is 0.00695. The summed E-state index contributed by atoms with van der Waals surface area (Å²) in [5.74, 6) is -0.272. The number of carbonyl (C=O) groups excluding carboxylic acids is 1. The van der Waals surface area contributed by atoms with Gasteiger partial charge in [-0.2, -0.15) is 0 Å². The number of benzene rings is 4. The molecule has 0 fully saturated rings.